The number of aryl methyl sites for hydroxylation is 1. The lowest BCUT2D eigenvalue weighted by Crippen LogP contribution is -2.22. The molecular formula is C23H21NO3S. The van der Waals surface area contributed by atoms with Crippen molar-refractivity contribution in [2.24, 2.45) is 0 Å². The minimum Gasteiger partial charge on any atom is -0.495 e. The zero-order valence-electron chi connectivity index (χ0n) is 16.0. The molecule has 1 amide bonds. The third kappa shape index (κ3) is 3.58. The van der Waals surface area contributed by atoms with E-state index in [9.17, 15) is 4.79 Å². The first-order chi connectivity index (χ1) is 13.5. The van der Waals surface area contributed by atoms with Crippen molar-refractivity contribution < 1.29 is 13.9 Å². The van der Waals surface area contributed by atoms with Crippen molar-refractivity contribution >= 4 is 45.3 Å². The summed E-state index contributed by atoms with van der Waals surface area (Å²) >= 11 is 1.52. The fourth-order valence-electron chi connectivity index (χ4n) is 3.13. The summed E-state index contributed by atoms with van der Waals surface area (Å²) < 4.78 is 11.5. The zero-order chi connectivity index (χ0) is 19.7. The normalized spacial score (nSPS) is 12.2. The first kappa shape index (κ1) is 18.4. The molecule has 4 rings (SSSR count). The monoisotopic (exact) mass is 391 g/mol. The van der Waals surface area contributed by atoms with Crippen molar-refractivity contribution in [3.8, 4) is 5.75 Å². The highest BCUT2D eigenvalue weighted by Gasteiger charge is 2.18. The van der Waals surface area contributed by atoms with Crippen LogP contribution in [0.15, 0.2) is 70.0 Å². The molecule has 5 heteroatoms. The van der Waals surface area contributed by atoms with Gasteiger partial charge in [-0.15, -0.1) is 11.8 Å². The molecule has 0 aliphatic rings. The summed E-state index contributed by atoms with van der Waals surface area (Å²) in [5.74, 6) is 0.527. The van der Waals surface area contributed by atoms with Gasteiger partial charge in [0.05, 0.1) is 18.0 Å². The number of carbonyl (C=O) groups excluding carboxylic acids is 1. The van der Waals surface area contributed by atoms with Gasteiger partial charge in [0.2, 0.25) is 5.91 Å². The number of hydrogen-bond donors (Lipinski definition) is 1. The van der Waals surface area contributed by atoms with Crippen LogP contribution in [0.1, 0.15) is 12.5 Å². The van der Waals surface area contributed by atoms with E-state index in [0.717, 1.165) is 26.8 Å². The number of anilines is 1. The second-order valence-electron chi connectivity index (χ2n) is 6.71. The quantitative estimate of drug-likeness (QED) is 0.423. The molecule has 0 spiro atoms. The first-order valence-corrected chi connectivity index (χ1v) is 9.96. The summed E-state index contributed by atoms with van der Waals surface area (Å²) in [7, 11) is 1.60. The van der Waals surface area contributed by atoms with Gasteiger partial charge in [0.1, 0.15) is 16.9 Å². The van der Waals surface area contributed by atoms with Gasteiger partial charge in [-0.2, -0.15) is 0 Å². The fraction of sp³-hybridized carbons (Fsp3) is 0.174. The van der Waals surface area contributed by atoms with Crippen LogP contribution in [0.3, 0.4) is 0 Å². The van der Waals surface area contributed by atoms with E-state index >= 15 is 0 Å². The van der Waals surface area contributed by atoms with Crippen LogP contribution in [-0.4, -0.2) is 18.3 Å². The molecule has 0 unspecified atom stereocenters. The Morgan fingerprint density at radius 1 is 1.04 bits per heavy atom. The Morgan fingerprint density at radius 2 is 1.79 bits per heavy atom. The van der Waals surface area contributed by atoms with Gasteiger partial charge in [0.15, 0.2) is 0 Å². The number of benzene rings is 3. The molecule has 28 heavy (non-hydrogen) atoms. The number of hydrogen-bond acceptors (Lipinski definition) is 4. The lowest BCUT2D eigenvalue weighted by atomic mass is 10.1. The molecule has 1 heterocycles. The standard InChI is InChI=1S/C23H21NO3S/c1-14-8-10-16(11-9-14)28-15(2)23(25)24-19-13-21-18(12-22(19)26-3)17-6-4-5-7-20(17)27-21/h4-13,15H,1-3H3,(H,24,25)/t15-/m1/s1. The van der Waals surface area contributed by atoms with Crippen LogP contribution in [0.4, 0.5) is 5.69 Å². The molecule has 3 aromatic carbocycles. The van der Waals surface area contributed by atoms with Gasteiger partial charge in [-0.05, 0) is 38.1 Å². The van der Waals surface area contributed by atoms with Gasteiger partial charge in [-0.25, -0.2) is 0 Å². The largest absolute Gasteiger partial charge is 0.495 e. The summed E-state index contributed by atoms with van der Waals surface area (Å²) in [5.41, 5.74) is 3.34. The predicted octanol–water partition coefficient (Wildman–Crippen LogP) is 6.02. The number of thioether (sulfide) groups is 1. The van der Waals surface area contributed by atoms with Crippen molar-refractivity contribution in [1.82, 2.24) is 0 Å². The number of nitrogens with one attached hydrogen (secondary N) is 1. The summed E-state index contributed by atoms with van der Waals surface area (Å²) in [4.78, 5) is 13.8. The number of carbonyl (C=O) groups is 1. The molecule has 0 aliphatic heterocycles. The van der Waals surface area contributed by atoms with Crippen LogP contribution in [0.5, 0.6) is 5.75 Å². The van der Waals surface area contributed by atoms with Crippen LogP contribution in [0.2, 0.25) is 0 Å². The van der Waals surface area contributed by atoms with Crippen molar-refractivity contribution in [1.29, 1.82) is 0 Å². The predicted molar refractivity (Wildman–Crippen MR) is 115 cm³/mol. The zero-order valence-corrected chi connectivity index (χ0v) is 16.8. The van der Waals surface area contributed by atoms with Gasteiger partial charge in [0, 0.05) is 21.7 Å². The molecule has 0 aliphatic carbocycles. The average molecular weight is 391 g/mol. The number of para-hydroxylation sites is 1. The third-order valence-electron chi connectivity index (χ3n) is 4.66. The van der Waals surface area contributed by atoms with E-state index < -0.39 is 0 Å². The second kappa shape index (κ2) is 7.60. The van der Waals surface area contributed by atoms with Crippen molar-refractivity contribution in [2.45, 2.75) is 24.0 Å². The highest BCUT2D eigenvalue weighted by atomic mass is 32.2. The maximum absolute atomic E-state index is 12.7. The molecule has 1 N–H and O–H groups in total. The molecule has 0 fully saturated rings. The van der Waals surface area contributed by atoms with E-state index in [2.05, 4.69) is 5.32 Å². The Morgan fingerprint density at radius 3 is 2.54 bits per heavy atom. The number of methoxy groups -OCH3 is 1. The van der Waals surface area contributed by atoms with E-state index in [-0.39, 0.29) is 11.2 Å². The molecule has 4 nitrogen and oxygen atoms in total. The summed E-state index contributed by atoms with van der Waals surface area (Å²) in [6, 6.07) is 19.8. The smallest absolute Gasteiger partial charge is 0.237 e. The van der Waals surface area contributed by atoms with Gasteiger partial charge in [0.25, 0.3) is 0 Å². The second-order valence-corrected chi connectivity index (χ2v) is 8.12. The molecule has 1 atom stereocenters. The van der Waals surface area contributed by atoms with Crippen LogP contribution in [0, 0.1) is 6.92 Å². The molecule has 0 saturated carbocycles. The highest BCUT2D eigenvalue weighted by molar-refractivity contribution is 8.00. The lowest BCUT2D eigenvalue weighted by molar-refractivity contribution is -0.115. The molecule has 142 valence electrons. The van der Waals surface area contributed by atoms with Crippen LogP contribution in [-0.2, 0) is 4.79 Å². The van der Waals surface area contributed by atoms with Gasteiger partial charge in [-0.1, -0.05) is 35.9 Å². The number of ether oxygens (including phenoxy) is 1. The van der Waals surface area contributed by atoms with Gasteiger partial charge in [-0.3, -0.25) is 4.79 Å². The molecule has 0 radical (unpaired) electrons. The minimum absolute atomic E-state index is 0.0839. The Balaban J connectivity index is 1.59. The highest BCUT2D eigenvalue weighted by Crippen LogP contribution is 2.36. The average Bonchev–Trinajstić information content (AvgIpc) is 3.06. The Hall–Kier alpha value is -2.92. The SMILES string of the molecule is COc1cc2c(cc1NC(=O)[C@@H](C)Sc1ccc(C)cc1)oc1ccccc12. The van der Waals surface area contributed by atoms with E-state index in [4.69, 9.17) is 9.15 Å². The van der Waals surface area contributed by atoms with Crippen molar-refractivity contribution in [3.05, 3.63) is 66.2 Å². The molecule has 0 bridgehead atoms. The Kier molecular flexibility index (Phi) is 5.01. The van der Waals surface area contributed by atoms with E-state index in [1.54, 1.807) is 7.11 Å². The molecule has 1 aromatic heterocycles. The van der Waals surface area contributed by atoms with Crippen molar-refractivity contribution in [2.75, 3.05) is 12.4 Å². The Labute approximate surface area is 167 Å². The van der Waals surface area contributed by atoms with E-state index in [1.807, 2.05) is 74.5 Å². The van der Waals surface area contributed by atoms with Crippen LogP contribution >= 0.6 is 11.8 Å². The Bertz CT molecular complexity index is 1150. The number of rotatable bonds is 5. The summed E-state index contributed by atoms with van der Waals surface area (Å²) in [5, 5.41) is 4.72. The van der Waals surface area contributed by atoms with E-state index in [1.165, 1.54) is 17.3 Å². The topological polar surface area (TPSA) is 51.5 Å². The first-order valence-electron chi connectivity index (χ1n) is 9.08. The van der Waals surface area contributed by atoms with Crippen LogP contribution < -0.4 is 10.1 Å². The molecule has 4 aromatic rings. The number of amides is 1. The fourth-order valence-corrected chi connectivity index (χ4v) is 3.99. The summed E-state index contributed by atoms with van der Waals surface area (Å²) in [6.07, 6.45) is 0. The molecular weight excluding hydrogens is 370 g/mol. The number of furan rings is 1. The lowest BCUT2D eigenvalue weighted by Gasteiger charge is -2.14. The van der Waals surface area contributed by atoms with Crippen molar-refractivity contribution in [3.63, 3.8) is 0 Å². The third-order valence-corrected chi connectivity index (χ3v) is 5.77. The maximum atomic E-state index is 12.7. The van der Waals surface area contributed by atoms with Crippen LogP contribution in [0.25, 0.3) is 21.9 Å². The minimum atomic E-state index is -0.251. The molecule has 0 saturated heterocycles. The van der Waals surface area contributed by atoms with E-state index in [0.29, 0.717) is 11.4 Å². The maximum Gasteiger partial charge on any atom is 0.237 e. The number of fused-ring (bicyclic) bond motifs is 3. The van der Waals surface area contributed by atoms with Gasteiger partial charge < -0.3 is 14.5 Å². The van der Waals surface area contributed by atoms with Gasteiger partial charge >= 0.3 is 0 Å². The summed E-state index contributed by atoms with van der Waals surface area (Å²) in [6.45, 7) is 3.94.